The molecule has 5 heteroatoms. The molecule has 116 valence electrons. The Hall–Kier alpha value is -0.740. The molecule has 0 aromatic heterocycles. The van der Waals surface area contributed by atoms with Crippen LogP contribution in [0.5, 0.6) is 0 Å². The SMILES string of the molecule is CCOC(=O)C1(Nc2ccc(Cl)c(Br)c2)CCC(C)CC1. The van der Waals surface area contributed by atoms with E-state index < -0.39 is 5.54 Å². The Morgan fingerprint density at radius 3 is 2.71 bits per heavy atom. The van der Waals surface area contributed by atoms with Gasteiger partial charge in [0.1, 0.15) is 5.54 Å². The molecule has 0 unspecified atom stereocenters. The molecule has 0 aliphatic heterocycles. The topological polar surface area (TPSA) is 38.3 Å². The maximum Gasteiger partial charge on any atom is 0.331 e. The fraction of sp³-hybridized carbons (Fsp3) is 0.562. The van der Waals surface area contributed by atoms with E-state index in [1.165, 1.54) is 0 Å². The molecule has 0 saturated heterocycles. The number of rotatable bonds is 4. The Morgan fingerprint density at radius 1 is 1.48 bits per heavy atom. The lowest BCUT2D eigenvalue weighted by Gasteiger charge is -2.38. The molecule has 1 N–H and O–H groups in total. The van der Waals surface area contributed by atoms with Crippen molar-refractivity contribution in [2.24, 2.45) is 5.92 Å². The number of esters is 1. The van der Waals surface area contributed by atoms with E-state index in [9.17, 15) is 4.79 Å². The summed E-state index contributed by atoms with van der Waals surface area (Å²) >= 11 is 9.44. The molecule has 0 atom stereocenters. The van der Waals surface area contributed by atoms with Crippen molar-refractivity contribution in [3.8, 4) is 0 Å². The van der Waals surface area contributed by atoms with Crippen LogP contribution in [0.4, 0.5) is 5.69 Å². The molecule has 21 heavy (non-hydrogen) atoms. The Labute approximate surface area is 139 Å². The molecule has 1 aromatic rings. The number of carbonyl (C=O) groups excluding carboxylic acids is 1. The first-order valence-corrected chi connectivity index (χ1v) is 8.54. The van der Waals surface area contributed by atoms with Gasteiger partial charge in [0.25, 0.3) is 0 Å². The minimum absolute atomic E-state index is 0.150. The van der Waals surface area contributed by atoms with Crippen molar-refractivity contribution in [2.75, 3.05) is 11.9 Å². The van der Waals surface area contributed by atoms with Crippen molar-refractivity contribution >= 4 is 39.2 Å². The van der Waals surface area contributed by atoms with Crippen LogP contribution >= 0.6 is 27.5 Å². The number of ether oxygens (including phenoxy) is 1. The Morgan fingerprint density at radius 2 is 2.14 bits per heavy atom. The second kappa shape index (κ2) is 7.01. The minimum Gasteiger partial charge on any atom is -0.464 e. The molecular formula is C16H21BrClNO2. The summed E-state index contributed by atoms with van der Waals surface area (Å²) in [5, 5.41) is 4.06. The van der Waals surface area contributed by atoms with Crippen LogP contribution in [0, 0.1) is 5.92 Å². The first kappa shape index (κ1) is 16.6. The van der Waals surface area contributed by atoms with E-state index in [1.807, 2.05) is 25.1 Å². The molecule has 0 spiro atoms. The van der Waals surface area contributed by atoms with E-state index in [1.54, 1.807) is 0 Å². The zero-order valence-corrected chi connectivity index (χ0v) is 14.8. The molecule has 0 bridgehead atoms. The second-order valence-electron chi connectivity index (χ2n) is 5.74. The van der Waals surface area contributed by atoms with Gasteiger partial charge in [-0.25, -0.2) is 4.79 Å². The fourth-order valence-electron chi connectivity index (χ4n) is 2.75. The van der Waals surface area contributed by atoms with Crippen LogP contribution in [0.2, 0.25) is 5.02 Å². The van der Waals surface area contributed by atoms with E-state index in [4.69, 9.17) is 16.3 Å². The number of halogens is 2. The van der Waals surface area contributed by atoms with Gasteiger partial charge in [0, 0.05) is 10.2 Å². The molecule has 1 aliphatic rings. The number of anilines is 1. The Balaban J connectivity index is 2.23. The van der Waals surface area contributed by atoms with Crippen molar-refractivity contribution in [2.45, 2.75) is 45.1 Å². The number of benzene rings is 1. The van der Waals surface area contributed by atoms with Crippen molar-refractivity contribution in [3.63, 3.8) is 0 Å². The van der Waals surface area contributed by atoms with E-state index in [-0.39, 0.29) is 5.97 Å². The minimum atomic E-state index is -0.615. The Bertz CT molecular complexity index is 513. The highest BCUT2D eigenvalue weighted by atomic mass is 79.9. The summed E-state index contributed by atoms with van der Waals surface area (Å²) in [7, 11) is 0. The lowest BCUT2D eigenvalue weighted by Crippen LogP contribution is -2.50. The van der Waals surface area contributed by atoms with E-state index in [0.29, 0.717) is 17.5 Å². The van der Waals surface area contributed by atoms with Gasteiger partial charge in [-0.3, -0.25) is 0 Å². The molecule has 1 saturated carbocycles. The molecule has 1 aromatic carbocycles. The van der Waals surface area contributed by atoms with E-state index in [0.717, 1.165) is 35.8 Å². The molecule has 3 nitrogen and oxygen atoms in total. The summed E-state index contributed by atoms with van der Waals surface area (Å²) in [6.45, 7) is 4.48. The maximum absolute atomic E-state index is 12.5. The van der Waals surface area contributed by atoms with Gasteiger partial charge in [-0.1, -0.05) is 18.5 Å². The molecular weight excluding hydrogens is 354 g/mol. The molecule has 1 aliphatic carbocycles. The number of hydrogen-bond acceptors (Lipinski definition) is 3. The zero-order valence-electron chi connectivity index (χ0n) is 12.4. The third kappa shape index (κ3) is 3.92. The lowest BCUT2D eigenvalue weighted by atomic mass is 9.77. The summed E-state index contributed by atoms with van der Waals surface area (Å²) in [5.74, 6) is 0.509. The first-order chi connectivity index (χ1) is 9.97. The van der Waals surface area contributed by atoms with Crippen LogP contribution in [0.1, 0.15) is 39.5 Å². The fourth-order valence-corrected chi connectivity index (χ4v) is 3.25. The van der Waals surface area contributed by atoms with Crippen LogP contribution in [0.3, 0.4) is 0 Å². The van der Waals surface area contributed by atoms with Gasteiger partial charge in [-0.2, -0.15) is 0 Å². The van der Waals surface area contributed by atoms with Crippen molar-refractivity contribution in [1.82, 2.24) is 0 Å². The standard InChI is InChI=1S/C16H21BrClNO2/c1-3-21-15(20)16(8-6-11(2)7-9-16)19-12-4-5-14(18)13(17)10-12/h4-5,10-11,19H,3,6-9H2,1-2H3. The second-order valence-corrected chi connectivity index (χ2v) is 7.00. The van der Waals surface area contributed by atoms with Crippen LogP contribution < -0.4 is 5.32 Å². The van der Waals surface area contributed by atoms with Gasteiger partial charge in [-0.05, 0) is 72.7 Å². The van der Waals surface area contributed by atoms with Crippen LogP contribution in [-0.2, 0) is 9.53 Å². The average Bonchev–Trinajstić information content (AvgIpc) is 2.46. The summed E-state index contributed by atoms with van der Waals surface area (Å²) < 4.78 is 6.12. The third-order valence-corrected chi connectivity index (χ3v) is 5.31. The van der Waals surface area contributed by atoms with Crippen LogP contribution in [0.25, 0.3) is 0 Å². The summed E-state index contributed by atoms with van der Waals surface area (Å²) in [5.41, 5.74) is 0.268. The van der Waals surface area contributed by atoms with Crippen molar-refractivity contribution in [3.05, 3.63) is 27.7 Å². The highest BCUT2D eigenvalue weighted by Gasteiger charge is 2.42. The maximum atomic E-state index is 12.5. The van der Waals surface area contributed by atoms with E-state index >= 15 is 0 Å². The molecule has 1 fully saturated rings. The highest BCUT2D eigenvalue weighted by molar-refractivity contribution is 9.10. The number of carbonyl (C=O) groups is 1. The van der Waals surface area contributed by atoms with Gasteiger partial charge < -0.3 is 10.1 Å². The third-order valence-electron chi connectivity index (χ3n) is 4.10. The van der Waals surface area contributed by atoms with Gasteiger partial charge in [0.15, 0.2) is 0 Å². The lowest BCUT2D eigenvalue weighted by molar-refractivity contribution is -0.150. The summed E-state index contributed by atoms with van der Waals surface area (Å²) in [6.07, 6.45) is 3.65. The quantitative estimate of drug-likeness (QED) is 0.751. The number of nitrogens with one attached hydrogen (secondary N) is 1. The Kier molecular flexibility index (Phi) is 5.55. The monoisotopic (exact) mass is 373 g/mol. The first-order valence-electron chi connectivity index (χ1n) is 7.37. The molecule has 0 amide bonds. The summed E-state index contributed by atoms with van der Waals surface area (Å²) in [6, 6.07) is 5.62. The van der Waals surface area contributed by atoms with Gasteiger partial charge >= 0.3 is 5.97 Å². The molecule has 0 heterocycles. The average molecular weight is 375 g/mol. The van der Waals surface area contributed by atoms with Gasteiger partial charge in [0.2, 0.25) is 0 Å². The largest absolute Gasteiger partial charge is 0.464 e. The van der Waals surface area contributed by atoms with Crippen molar-refractivity contribution < 1.29 is 9.53 Å². The van der Waals surface area contributed by atoms with Crippen LogP contribution in [-0.4, -0.2) is 18.1 Å². The molecule has 0 radical (unpaired) electrons. The van der Waals surface area contributed by atoms with Crippen LogP contribution in [0.15, 0.2) is 22.7 Å². The molecule has 2 rings (SSSR count). The zero-order chi connectivity index (χ0) is 15.5. The predicted molar refractivity (Wildman–Crippen MR) is 89.8 cm³/mol. The van der Waals surface area contributed by atoms with Gasteiger partial charge in [0.05, 0.1) is 11.6 Å². The van der Waals surface area contributed by atoms with E-state index in [2.05, 4.69) is 28.2 Å². The van der Waals surface area contributed by atoms with Gasteiger partial charge in [-0.15, -0.1) is 0 Å². The normalized spacial score (nSPS) is 25.4. The van der Waals surface area contributed by atoms with Crippen molar-refractivity contribution in [1.29, 1.82) is 0 Å². The highest BCUT2D eigenvalue weighted by Crippen LogP contribution is 2.37. The predicted octanol–water partition coefficient (Wildman–Crippen LogP) is 5.03. The number of hydrogen-bond donors (Lipinski definition) is 1. The smallest absolute Gasteiger partial charge is 0.331 e. The summed E-state index contributed by atoms with van der Waals surface area (Å²) in [4.78, 5) is 12.5.